The largest absolute Gasteiger partial charge is 0.481 e. The summed E-state index contributed by atoms with van der Waals surface area (Å²) in [6.07, 6.45) is 0.704. The lowest BCUT2D eigenvalue weighted by Crippen LogP contribution is -2.25. The minimum atomic E-state index is -1.07. The Labute approximate surface area is 139 Å². The van der Waals surface area contributed by atoms with E-state index in [0.29, 0.717) is 0 Å². The fourth-order valence-corrected chi connectivity index (χ4v) is 2.06. The van der Waals surface area contributed by atoms with Crippen LogP contribution in [0, 0.1) is 10.6 Å². The number of aromatic nitrogens is 3. The van der Waals surface area contributed by atoms with Crippen molar-refractivity contribution in [1.82, 2.24) is 14.9 Å². The van der Waals surface area contributed by atoms with Gasteiger partial charge in [-0.1, -0.05) is 17.7 Å². The monoisotopic (exact) mass is 356 g/mol. The number of benzene rings is 1. The Balaban J connectivity index is 2.42. The molecule has 0 fully saturated rings. The normalized spacial score (nSPS) is 11.0. The number of carboxylic acid groups (broad SMARTS) is 1. The van der Waals surface area contributed by atoms with Crippen LogP contribution in [-0.2, 0) is 11.2 Å². The molecule has 7 nitrogen and oxygen atoms in total. The average molecular weight is 357 g/mol. The molecule has 120 valence electrons. The van der Waals surface area contributed by atoms with Crippen LogP contribution in [0.25, 0.3) is 0 Å². The minimum absolute atomic E-state index is 0.000588. The Morgan fingerprint density at radius 2 is 2.30 bits per heavy atom. The van der Waals surface area contributed by atoms with Gasteiger partial charge < -0.3 is 5.11 Å². The Kier molecular flexibility index (Phi) is 5.35. The molecule has 0 saturated heterocycles. The van der Waals surface area contributed by atoms with Gasteiger partial charge in [-0.3, -0.25) is 14.7 Å². The smallest absolute Gasteiger partial charge is 0.303 e. The van der Waals surface area contributed by atoms with E-state index in [4.69, 9.17) is 28.9 Å². The van der Waals surface area contributed by atoms with E-state index in [1.807, 2.05) is 0 Å². The van der Waals surface area contributed by atoms with Crippen LogP contribution in [0.5, 0.6) is 0 Å². The summed E-state index contributed by atoms with van der Waals surface area (Å²) in [4.78, 5) is 22.7. The predicted molar refractivity (Wildman–Crippen MR) is 84.0 cm³/mol. The van der Waals surface area contributed by atoms with Crippen molar-refractivity contribution >= 4 is 36.0 Å². The van der Waals surface area contributed by atoms with Crippen molar-refractivity contribution in [1.29, 1.82) is 0 Å². The van der Waals surface area contributed by atoms with Gasteiger partial charge in [0.2, 0.25) is 4.77 Å². The summed E-state index contributed by atoms with van der Waals surface area (Å²) in [5.41, 5.74) is -0.726. The number of nitrogens with one attached hydrogen (secondary N) is 1. The number of hydrogen-bond acceptors (Lipinski definition) is 5. The molecule has 0 saturated carbocycles. The van der Waals surface area contributed by atoms with Gasteiger partial charge in [-0.2, -0.15) is 14.9 Å². The van der Waals surface area contributed by atoms with Crippen LogP contribution in [0.4, 0.5) is 4.39 Å². The van der Waals surface area contributed by atoms with Gasteiger partial charge in [0.1, 0.15) is 11.5 Å². The number of nitrogens with zero attached hydrogens (tertiary/aromatic N) is 3. The number of hydrogen-bond donors (Lipinski definition) is 2. The summed E-state index contributed by atoms with van der Waals surface area (Å²) in [5, 5.41) is 18.7. The van der Waals surface area contributed by atoms with Crippen molar-refractivity contribution in [3.05, 3.63) is 55.4 Å². The van der Waals surface area contributed by atoms with Crippen LogP contribution in [0.1, 0.15) is 17.7 Å². The molecule has 0 aliphatic carbocycles. The van der Waals surface area contributed by atoms with E-state index >= 15 is 0 Å². The van der Waals surface area contributed by atoms with Gasteiger partial charge in [0.05, 0.1) is 17.7 Å². The van der Waals surface area contributed by atoms with Crippen LogP contribution in [0.3, 0.4) is 0 Å². The van der Waals surface area contributed by atoms with E-state index < -0.39 is 17.3 Å². The molecule has 0 amide bonds. The molecule has 2 rings (SSSR count). The number of H-pyrrole nitrogens is 1. The second kappa shape index (κ2) is 7.25. The first kappa shape index (κ1) is 17.0. The molecular formula is C13H10ClFN4O3S. The number of carbonyl (C=O) groups is 1. The second-order valence-corrected chi connectivity index (χ2v) is 5.16. The summed E-state index contributed by atoms with van der Waals surface area (Å²) in [5.74, 6) is -1.67. The molecule has 1 aromatic heterocycles. The third-order valence-electron chi connectivity index (χ3n) is 2.80. The highest BCUT2D eigenvalue weighted by Crippen LogP contribution is 2.16. The lowest BCUT2D eigenvalue weighted by molar-refractivity contribution is -0.136. The molecule has 1 heterocycles. The molecular weight excluding hydrogens is 347 g/mol. The van der Waals surface area contributed by atoms with Crippen LogP contribution in [0.2, 0.25) is 5.02 Å². The van der Waals surface area contributed by atoms with Crippen LogP contribution in [0.15, 0.2) is 28.1 Å². The molecule has 10 heteroatoms. The van der Waals surface area contributed by atoms with Gasteiger partial charge in [-0.15, -0.1) is 0 Å². The Bertz CT molecular complexity index is 873. The third kappa shape index (κ3) is 4.08. The van der Waals surface area contributed by atoms with E-state index in [1.54, 1.807) is 0 Å². The fourth-order valence-electron chi connectivity index (χ4n) is 1.67. The Hall–Kier alpha value is -2.39. The fraction of sp³-hybridized carbons (Fsp3) is 0.154. The number of aliphatic carboxylic acids is 1. The lowest BCUT2D eigenvalue weighted by Gasteiger charge is -2.03. The zero-order chi connectivity index (χ0) is 17.0. The molecule has 0 aliphatic heterocycles. The van der Waals surface area contributed by atoms with Crippen molar-refractivity contribution in [2.45, 2.75) is 12.8 Å². The van der Waals surface area contributed by atoms with Crippen LogP contribution < -0.4 is 5.56 Å². The van der Waals surface area contributed by atoms with Crippen molar-refractivity contribution in [3.63, 3.8) is 0 Å². The van der Waals surface area contributed by atoms with Gasteiger partial charge in [-0.25, -0.2) is 4.39 Å². The van der Waals surface area contributed by atoms with E-state index in [9.17, 15) is 14.0 Å². The topological polar surface area (TPSA) is 100 Å². The van der Waals surface area contributed by atoms with Crippen molar-refractivity contribution < 1.29 is 14.3 Å². The zero-order valence-electron chi connectivity index (χ0n) is 11.5. The van der Waals surface area contributed by atoms with Crippen molar-refractivity contribution in [2.75, 3.05) is 0 Å². The van der Waals surface area contributed by atoms with Gasteiger partial charge in [-0.05, 0) is 24.4 Å². The molecule has 0 atom stereocenters. The summed E-state index contributed by atoms with van der Waals surface area (Å²) in [7, 11) is 0. The molecule has 0 spiro atoms. The van der Waals surface area contributed by atoms with Crippen molar-refractivity contribution in [3.8, 4) is 0 Å². The highest BCUT2D eigenvalue weighted by atomic mass is 35.5. The molecule has 1 aromatic carbocycles. The SMILES string of the molecule is O=C(O)CCc1n[nH]c(=S)n(/N=C\c2c(F)cccc2Cl)c1=O. The first-order chi connectivity index (χ1) is 10.9. The number of aromatic amines is 1. The predicted octanol–water partition coefficient (Wildman–Crippen LogP) is 1.99. The summed E-state index contributed by atoms with van der Waals surface area (Å²) >= 11 is 10.8. The first-order valence-electron chi connectivity index (χ1n) is 6.31. The van der Waals surface area contributed by atoms with Gasteiger partial charge >= 0.3 is 5.97 Å². The molecule has 23 heavy (non-hydrogen) atoms. The Morgan fingerprint density at radius 3 is 2.96 bits per heavy atom. The van der Waals surface area contributed by atoms with E-state index in [0.717, 1.165) is 10.9 Å². The van der Waals surface area contributed by atoms with Crippen LogP contribution in [-0.4, -0.2) is 32.2 Å². The number of halogens is 2. The molecule has 0 radical (unpaired) electrons. The van der Waals surface area contributed by atoms with Gasteiger partial charge in [0.25, 0.3) is 5.56 Å². The molecule has 0 unspecified atom stereocenters. The quantitative estimate of drug-likeness (QED) is 0.630. The maximum Gasteiger partial charge on any atom is 0.303 e. The second-order valence-electron chi connectivity index (χ2n) is 4.37. The highest BCUT2D eigenvalue weighted by Gasteiger charge is 2.10. The van der Waals surface area contributed by atoms with E-state index in [-0.39, 0.29) is 33.9 Å². The first-order valence-corrected chi connectivity index (χ1v) is 7.09. The van der Waals surface area contributed by atoms with Gasteiger partial charge in [0.15, 0.2) is 0 Å². The zero-order valence-corrected chi connectivity index (χ0v) is 13.1. The maximum atomic E-state index is 13.7. The molecule has 2 aromatic rings. The van der Waals surface area contributed by atoms with Gasteiger partial charge in [0, 0.05) is 12.0 Å². The number of aryl methyl sites for hydroxylation is 1. The van der Waals surface area contributed by atoms with Crippen LogP contribution >= 0.6 is 23.8 Å². The summed E-state index contributed by atoms with van der Waals surface area (Å²) in [6.45, 7) is 0. The number of rotatable bonds is 5. The highest BCUT2D eigenvalue weighted by molar-refractivity contribution is 7.71. The molecule has 2 N–H and O–H groups in total. The summed E-state index contributed by atoms with van der Waals surface area (Å²) in [6, 6.07) is 4.10. The standard InChI is InChI=1S/C13H10ClFN4O3S/c14-8-2-1-3-9(15)7(8)6-16-19-12(22)10(4-5-11(20)21)17-18-13(19)23/h1-3,6H,4-5H2,(H,18,23)(H,20,21)/b16-6-. The van der Waals surface area contributed by atoms with E-state index in [1.165, 1.54) is 18.2 Å². The Morgan fingerprint density at radius 1 is 1.57 bits per heavy atom. The third-order valence-corrected chi connectivity index (χ3v) is 3.39. The lowest BCUT2D eigenvalue weighted by atomic mass is 10.2. The van der Waals surface area contributed by atoms with Crippen molar-refractivity contribution in [2.24, 2.45) is 5.10 Å². The summed E-state index contributed by atoms with van der Waals surface area (Å²) < 4.78 is 14.3. The minimum Gasteiger partial charge on any atom is -0.481 e. The molecule has 0 aliphatic rings. The van der Waals surface area contributed by atoms with E-state index in [2.05, 4.69) is 15.3 Å². The average Bonchev–Trinajstić information content (AvgIpc) is 2.48. The molecule has 0 bridgehead atoms. The maximum absolute atomic E-state index is 13.7. The number of carboxylic acids is 1.